The summed E-state index contributed by atoms with van der Waals surface area (Å²) in [6.07, 6.45) is 1.22. The standard InChI is InChI=1S/C13H17NOS2/c1-9-2-3-11(16)6-12(9)13(15)14-7-10-4-5-17-8-10/h2-3,6,10,16H,4-5,7-8H2,1H3,(H,14,15). The minimum atomic E-state index is 0.0234. The van der Waals surface area contributed by atoms with E-state index in [0.29, 0.717) is 5.92 Å². The first-order valence-electron chi connectivity index (χ1n) is 5.82. The third kappa shape index (κ3) is 3.42. The molecule has 1 saturated heterocycles. The van der Waals surface area contributed by atoms with E-state index in [1.54, 1.807) is 0 Å². The zero-order valence-corrected chi connectivity index (χ0v) is 11.6. The van der Waals surface area contributed by atoms with E-state index >= 15 is 0 Å². The molecule has 4 heteroatoms. The van der Waals surface area contributed by atoms with Gasteiger partial charge in [-0.1, -0.05) is 6.07 Å². The summed E-state index contributed by atoms with van der Waals surface area (Å²) < 4.78 is 0. The van der Waals surface area contributed by atoms with Crippen molar-refractivity contribution in [2.24, 2.45) is 5.92 Å². The van der Waals surface area contributed by atoms with Gasteiger partial charge in [-0.2, -0.15) is 11.8 Å². The molecule has 1 heterocycles. The molecule has 2 rings (SSSR count). The van der Waals surface area contributed by atoms with Crippen LogP contribution in [0.25, 0.3) is 0 Å². The van der Waals surface area contributed by atoms with E-state index in [2.05, 4.69) is 17.9 Å². The van der Waals surface area contributed by atoms with Crippen molar-refractivity contribution in [1.29, 1.82) is 0 Å². The molecule has 92 valence electrons. The van der Waals surface area contributed by atoms with Crippen LogP contribution in [0.2, 0.25) is 0 Å². The third-order valence-electron chi connectivity index (χ3n) is 3.04. The van der Waals surface area contributed by atoms with Crippen molar-refractivity contribution in [3.05, 3.63) is 29.3 Å². The number of aryl methyl sites for hydroxylation is 1. The Hall–Kier alpha value is -0.610. The second kappa shape index (κ2) is 5.83. The molecule has 1 atom stereocenters. The summed E-state index contributed by atoms with van der Waals surface area (Å²) in [6.45, 7) is 2.75. The van der Waals surface area contributed by atoms with Crippen LogP contribution < -0.4 is 5.32 Å². The van der Waals surface area contributed by atoms with Crippen LogP contribution in [0.1, 0.15) is 22.3 Å². The van der Waals surface area contributed by atoms with Gasteiger partial charge >= 0.3 is 0 Å². The Bertz CT molecular complexity index is 414. The number of carbonyl (C=O) groups is 1. The Balaban J connectivity index is 1.96. The first-order valence-corrected chi connectivity index (χ1v) is 7.42. The highest BCUT2D eigenvalue weighted by atomic mass is 32.2. The first kappa shape index (κ1) is 12.8. The van der Waals surface area contributed by atoms with Gasteiger partial charge in [-0.05, 0) is 48.5 Å². The molecule has 0 aliphatic carbocycles. The minimum Gasteiger partial charge on any atom is -0.352 e. The molecule has 0 aromatic heterocycles. The van der Waals surface area contributed by atoms with Gasteiger partial charge in [0.2, 0.25) is 0 Å². The molecule has 1 amide bonds. The highest BCUT2D eigenvalue weighted by Crippen LogP contribution is 2.22. The molecule has 1 fully saturated rings. The molecule has 1 unspecified atom stereocenters. The summed E-state index contributed by atoms with van der Waals surface area (Å²) in [5, 5.41) is 3.02. The monoisotopic (exact) mass is 267 g/mol. The molecule has 1 aliphatic rings. The number of hydrogen-bond donors (Lipinski definition) is 2. The van der Waals surface area contributed by atoms with E-state index in [-0.39, 0.29) is 5.91 Å². The zero-order valence-electron chi connectivity index (χ0n) is 9.90. The minimum absolute atomic E-state index is 0.0234. The molecule has 1 aromatic rings. The Labute approximate surface area is 112 Å². The summed E-state index contributed by atoms with van der Waals surface area (Å²) in [7, 11) is 0. The Morgan fingerprint density at radius 1 is 1.59 bits per heavy atom. The Morgan fingerprint density at radius 3 is 3.12 bits per heavy atom. The molecule has 2 nitrogen and oxygen atoms in total. The normalized spacial score (nSPS) is 19.3. The first-order chi connectivity index (χ1) is 8.16. The maximum absolute atomic E-state index is 12.0. The maximum atomic E-state index is 12.0. The van der Waals surface area contributed by atoms with Crippen molar-refractivity contribution in [3.8, 4) is 0 Å². The van der Waals surface area contributed by atoms with E-state index < -0.39 is 0 Å². The van der Waals surface area contributed by atoms with E-state index in [0.717, 1.165) is 22.6 Å². The molecule has 0 radical (unpaired) electrons. The fourth-order valence-corrected chi connectivity index (χ4v) is 3.42. The summed E-state index contributed by atoms with van der Waals surface area (Å²) in [5.74, 6) is 3.07. The highest BCUT2D eigenvalue weighted by molar-refractivity contribution is 7.99. The molecule has 0 bridgehead atoms. The van der Waals surface area contributed by atoms with Gasteiger partial charge in [-0.3, -0.25) is 4.79 Å². The summed E-state index contributed by atoms with van der Waals surface area (Å²) in [6, 6.07) is 5.67. The predicted molar refractivity (Wildman–Crippen MR) is 76.2 cm³/mol. The van der Waals surface area contributed by atoms with E-state index in [1.165, 1.54) is 17.9 Å². The molecule has 1 aromatic carbocycles. The molecule has 1 N–H and O–H groups in total. The highest BCUT2D eigenvalue weighted by Gasteiger charge is 2.17. The van der Waals surface area contributed by atoms with E-state index in [9.17, 15) is 4.79 Å². The van der Waals surface area contributed by atoms with Gasteiger partial charge in [0.1, 0.15) is 0 Å². The number of amides is 1. The van der Waals surface area contributed by atoms with Crippen molar-refractivity contribution < 1.29 is 4.79 Å². The second-order valence-corrected chi connectivity index (χ2v) is 6.11. The lowest BCUT2D eigenvalue weighted by atomic mass is 10.1. The molecule has 17 heavy (non-hydrogen) atoms. The van der Waals surface area contributed by atoms with Gasteiger partial charge in [-0.15, -0.1) is 12.6 Å². The SMILES string of the molecule is Cc1ccc(S)cc1C(=O)NCC1CCSC1. The summed E-state index contributed by atoms with van der Waals surface area (Å²) in [5.41, 5.74) is 1.74. The van der Waals surface area contributed by atoms with Gasteiger partial charge in [0.15, 0.2) is 0 Å². The largest absolute Gasteiger partial charge is 0.352 e. The predicted octanol–water partition coefficient (Wildman–Crippen LogP) is 2.77. The molecular weight excluding hydrogens is 250 g/mol. The number of thiol groups is 1. The van der Waals surface area contributed by atoms with Crippen molar-refractivity contribution >= 4 is 30.3 Å². The van der Waals surface area contributed by atoms with Crippen LogP contribution >= 0.6 is 24.4 Å². The van der Waals surface area contributed by atoms with Crippen LogP contribution in [0.5, 0.6) is 0 Å². The molecule has 0 spiro atoms. The fourth-order valence-electron chi connectivity index (χ4n) is 1.93. The van der Waals surface area contributed by atoms with Crippen molar-refractivity contribution in [1.82, 2.24) is 5.32 Å². The van der Waals surface area contributed by atoms with Crippen molar-refractivity contribution in [3.63, 3.8) is 0 Å². The lowest BCUT2D eigenvalue weighted by molar-refractivity contribution is 0.0947. The number of nitrogens with one attached hydrogen (secondary N) is 1. The maximum Gasteiger partial charge on any atom is 0.251 e. The number of rotatable bonds is 3. The lowest BCUT2D eigenvalue weighted by Gasteiger charge is -2.11. The molecular formula is C13H17NOS2. The molecule has 0 saturated carbocycles. The van der Waals surface area contributed by atoms with Crippen LogP contribution in [0, 0.1) is 12.8 Å². The Morgan fingerprint density at radius 2 is 2.41 bits per heavy atom. The van der Waals surface area contributed by atoms with Crippen LogP contribution in [0.3, 0.4) is 0 Å². The van der Waals surface area contributed by atoms with Gasteiger partial charge in [0, 0.05) is 17.0 Å². The molecule has 1 aliphatic heterocycles. The average molecular weight is 267 g/mol. The van der Waals surface area contributed by atoms with Gasteiger partial charge in [-0.25, -0.2) is 0 Å². The quantitative estimate of drug-likeness (QED) is 0.825. The summed E-state index contributed by atoms with van der Waals surface area (Å²) in [4.78, 5) is 12.9. The zero-order chi connectivity index (χ0) is 12.3. The van der Waals surface area contributed by atoms with E-state index in [1.807, 2.05) is 36.9 Å². The van der Waals surface area contributed by atoms with Gasteiger partial charge in [0.25, 0.3) is 5.91 Å². The number of benzene rings is 1. The number of thioether (sulfide) groups is 1. The van der Waals surface area contributed by atoms with Crippen molar-refractivity contribution in [2.45, 2.75) is 18.2 Å². The number of hydrogen-bond acceptors (Lipinski definition) is 3. The third-order valence-corrected chi connectivity index (χ3v) is 4.55. The van der Waals surface area contributed by atoms with Crippen LogP contribution in [-0.4, -0.2) is 24.0 Å². The van der Waals surface area contributed by atoms with Crippen molar-refractivity contribution in [2.75, 3.05) is 18.1 Å². The number of carbonyl (C=O) groups excluding carboxylic acids is 1. The van der Waals surface area contributed by atoms with Crippen LogP contribution in [0.15, 0.2) is 23.1 Å². The van der Waals surface area contributed by atoms with Crippen LogP contribution in [-0.2, 0) is 0 Å². The summed E-state index contributed by atoms with van der Waals surface area (Å²) >= 11 is 6.24. The topological polar surface area (TPSA) is 29.1 Å². The lowest BCUT2D eigenvalue weighted by Crippen LogP contribution is -2.29. The van der Waals surface area contributed by atoms with Gasteiger partial charge in [0.05, 0.1) is 0 Å². The smallest absolute Gasteiger partial charge is 0.251 e. The average Bonchev–Trinajstić information content (AvgIpc) is 2.82. The fraction of sp³-hybridized carbons (Fsp3) is 0.462. The van der Waals surface area contributed by atoms with Crippen LogP contribution in [0.4, 0.5) is 0 Å². The Kier molecular flexibility index (Phi) is 4.40. The second-order valence-electron chi connectivity index (χ2n) is 4.44. The van der Waals surface area contributed by atoms with E-state index in [4.69, 9.17) is 0 Å². The van der Waals surface area contributed by atoms with Gasteiger partial charge < -0.3 is 5.32 Å².